The Bertz CT molecular complexity index is 709. The fourth-order valence-corrected chi connectivity index (χ4v) is 2.72. The summed E-state index contributed by atoms with van der Waals surface area (Å²) < 4.78 is 37.7. The van der Waals surface area contributed by atoms with Crippen LogP contribution in [0.15, 0.2) is 30.6 Å². The number of aromatic nitrogens is 2. The molecule has 1 saturated heterocycles. The van der Waals surface area contributed by atoms with Gasteiger partial charge in [-0.1, -0.05) is 0 Å². The average Bonchev–Trinajstić information content (AvgIpc) is 3.24. The predicted octanol–water partition coefficient (Wildman–Crippen LogP) is 1.97. The van der Waals surface area contributed by atoms with Gasteiger partial charge in [0.05, 0.1) is 31.6 Å². The second kappa shape index (κ2) is 8.06. The number of H-pyrrole nitrogens is 1. The zero-order valence-electron chi connectivity index (χ0n) is 13.5. The van der Waals surface area contributed by atoms with Crippen molar-refractivity contribution in [3.05, 3.63) is 47.8 Å². The molecule has 0 radical (unpaired) electrons. The molecule has 1 aliphatic heterocycles. The van der Waals surface area contributed by atoms with Gasteiger partial charge in [-0.25, -0.2) is 8.78 Å². The molecule has 2 atom stereocenters. The van der Waals surface area contributed by atoms with Crippen molar-refractivity contribution in [1.82, 2.24) is 15.5 Å². The average molecular weight is 351 g/mol. The first-order valence-electron chi connectivity index (χ1n) is 8.08. The van der Waals surface area contributed by atoms with Crippen molar-refractivity contribution < 1.29 is 23.0 Å². The summed E-state index contributed by atoms with van der Waals surface area (Å²) in [5.74, 6) is -0.535. The number of hydrogen-bond acceptors (Lipinski definition) is 4. The molecule has 1 amide bonds. The Hall–Kier alpha value is -2.48. The SMILES string of the molecule is O=C(CCCc1cc(F)ccc1F)N[C@H]1COC[C@H]1Oc1cn[nH]c1. The summed E-state index contributed by atoms with van der Waals surface area (Å²) in [5, 5.41) is 9.31. The molecule has 1 fully saturated rings. The van der Waals surface area contributed by atoms with Crippen LogP contribution in [0.3, 0.4) is 0 Å². The third-order valence-electron chi connectivity index (χ3n) is 3.99. The van der Waals surface area contributed by atoms with Gasteiger partial charge in [0.2, 0.25) is 5.91 Å². The molecule has 2 aromatic rings. The summed E-state index contributed by atoms with van der Waals surface area (Å²) in [5.41, 5.74) is 0.276. The quantitative estimate of drug-likeness (QED) is 0.800. The molecule has 1 aliphatic rings. The van der Waals surface area contributed by atoms with E-state index in [4.69, 9.17) is 9.47 Å². The molecule has 0 saturated carbocycles. The molecule has 0 unspecified atom stereocenters. The van der Waals surface area contributed by atoms with E-state index >= 15 is 0 Å². The first kappa shape index (κ1) is 17.3. The van der Waals surface area contributed by atoms with E-state index < -0.39 is 11.6 Å². The molecule has 2 N–H and O–H groups in total. The molecule has 0 aliphatic carbocycles. The fraction of sp³-hybridized carbons (Fsp3) is 0.412. The van der Waals surface area contributed by atoms with Gasteiger partial charge in [0.25, 0.3) is 0 Å². The number of aryl methyl sites for hydroxylation is 1. The van der Waals surface area contributed by atoms with E-state index in [0.29, 0.717) is 31.8 Å². The Morgan fingerprint density at radius 1 is 1.40 bits per heavy atom. The lowest BCUT2D eigenvalue weighted by Crippen LogP contribution is -2.45. The van der Waals surface area contributed by atoms with Gasteiger partial charge in [0.1, 0.15) is 17.7 Å². The molecule has 1 aromatic carbocycles. The molecule has 1 aromatic heterocycles. The molecule has 0 spiro atoms. The van der Waals surface area contributed by atoms with E-state index in [-0.39, 0.29) is 30.0 Å². The van der Waals surface area contributed by atoms with Crippen molar-refractivity contribution in [2.75, 3.05) is 13.2 Å². The highest BCUT2D eigenvalue weighted by atomic mass is 19.1. The van der Waals surface area contributed by atoms with Crippen LogP contribution in [0.4, 0.5) is 8.78 Å². The maximum Gasteiger partial charge on any atom is 0.220 e. The van der Waals surface area contributed by atoms with Crippen molar-refractivity contribution in [2.45, 2.75) is 31.4 Å². The molecule has 8 heteroatoms. The van der Waals surface area contributed by atoms with Gasteiger partial charge in [-0.15, -0.1) is 0 Å². The van der Waals surface area contributed by atoms with Gasteiger partial charge in [-0.3, -0.25) is 9.89 Å². The highest BCUT2D eigenvalue weighted by molar-refractivity contribution is 5.76. The van der Waals surface area contributed by atoms with Crippen molar-refractivity contribution in [3.8, 4) is 5.75 Å². The molecule has 6 nitrogen and oxygen atoms in total. The highest BCUT2D eigenvalue weighted by Gasteiger charge is 2.31. The highest BCUT2D eigenvalue weighted by Crippen LogP contribution is 2.16. The second-order valence-electron chi connectivity index (χ2n) is 5.89. The molecule has 3 rings (SSSR count). The fourth-order valence-electron chi connectivity index (χ4n) is 2.72. The van der Waals surface area contributed by atoms with Crippen molar-refractivity contribution in [3.63, 3.8) is 0 Å². The Morgan fingerprint density at radius 3 is 3.08 bits per heavy atom. The smallest absolute Gasteiger partial charge is 0.220 e. The number of carbonyl (C=O) groups excluding carboxylic acids is 1. The lowest BCUT2D eigenvalue weighted by atomic mass is 10.1. The largest absolute Gasteiger partial charge is 0.482 e. The minimum Gasteiger partial charge on any atom is -0.482 e. The maximum atomic E-state index is 13.5. The van der Waals surface area contributed by atoms with Crippen LogP contribution in [0.1, 0.15) is 18.4 Å². The molecule has 25 heavy (non-hydrogen) atoms. The van der Waals surface area contributed by atoms with Crippen LogP contribution >= 0.6 is 0 Å². The number of ether oxygens (including phenoxy) is 2. The number of rotatable bonds is 7. The molecule has 2 heterocycles. The third-order valence-corrected chi connectivity index (χ3v) is 3.99. The monoisotopic (exact) mass is 351 g/mol. The van der Waals surface area contributed by atoms with Crippen LogP contribution in [0, 0.1) is 11.6 Å². The summed E-state index contributed by atoms with van der Waals surface area (Å²) in [4.78, 5) is 12.1. The van der Waals surface area contributed by atoms with Crippen LogP contribution in [0.2, 0.25) is 0 Å². The number of hydrogen-bond donors (Lipinski definition) is 2. The molecule has 134 valence electrons. The minimum atomic E-state index is -0.483. The van der Waals surface area contributed by atoms with E-state index in [9.17, 15) is 13.6 Å². The van der Waals surface area contributed by atoms with Gasteiger partial charge in [0.15, 0.2) is 5.75 Å². The van der Waals surface area contributed by atoms with Gasteiger partial charge in [-0.05, 0) is 36.6 Å². The Labute approximate surface area is 143 Å². The lowest BCUT2D eigenvalue weighted by Gasteiger charge is -2.19. The standard InChI is InChI=1S/C17H19F2N3O3/c18-12-4-5-14(19)11(6-12)2-1-3-17(23)22-15-9-24-10-16(15)25-13-7-20-21-8-13/h4-8,15-16H,1-3,9-10H2,(H,20,21)(H,22,23)/t15-,16+/m0/s1. The number of aromatic amines is 1. The summed E-state index contributed by atoms with van der Waals surface area (Å²) in [6.45, 7) is 0.747. The summed E-state index contributed by atoms with van der Waals surface area (Å²) in [6.07, 6.45) is 3.81. The molecule has 0 bridgehead atoms. The third kappa shape index (κ3) is 4.76. The van der Waals surface area contributed by atoms with E-state index in [2.05, 4.69) is 15.5 Å². The Kier molecular flexibility index (Phi) is 5.60. The van der Waals surface area contributed by atoms with Crippen LogP contribution in [0.5, 0.6) is 5.75 Å². The van der Waals surface area contributed by atoms with Crippen molar-refractivity contribution >= 4 is 5.91 Å². The van der Waals surface area contributed by atoms with Crippen LogP contribution < -0.4 is 10.1 Å². The van der Waals surface area contributed by atoms with Gasteiger partial charge in [0, 0.05) is 6.42 Å². The van der Waals surface area contributed by atoms with E-state index in [1.165, 1.54) is 0 Å². The van der Waals surface area contributed by atoms with Crippen LogP contribution in [0.25, 0.3) is 0 Å². The summed E-state index contributed by atoms with van der Waals surface area (Å²) in [6, 6.07) is 3.07. The van der Waals surface area contributed by atoms with Crippen LogP contribution in [-0.2, 0) is 16.0 Å². The van der Waals surface area contributed by atoms with Crippen molar-refractivity contribution in [2.24, 2.45) is 0 Å². The van der Waals surface area contributed by atoms with E-state index in [1.54, 1.807) is 12.4 Å². The van der Waals surface area contributed by atoms with Gasteiger partial charge < -0.3 is 14.8 Å². The van der Waals surface area contributed by atoms with E-state index in [1.807, 2.05) is 0 Å². The normalized spacial score (nSPS) is 19.8. The first-order valence-corrected chi connectivity index (χ1v) is 8.08. The predicted molar refractivity (Wildman–Crippen MR) is 85.0 cm³/mol. The number of benzene rings is 1. The maximum absolute atomic E-state index is 13.5. The van der Waals surface area contributed by atoms with Crippen LogP contribution in [-0.4, -0.2) is 41.5 Å². The number of carbonyl (C=O) groups is 1. The first-order chi connectivity index (χ1) is 12.1. The number of nitrogens with zero attached hydrogens (tertiary/aromatic N) is 1. The van der Waals surface area contributed by atoms with Gasteiger partial charge >= 0.3 is 0 Å². The Morgan fingerprint density at radius 2 is 2.28 bits per heavy atom. The van der Waals surface area contributed by atoms with E-state index in [0.717, 1.165) is 18.2 Å². The molecular weight excluding hydrogens is 332 g/mol. The lowest BCUT2D eigenvalue weighted by molar-refractivity contribution is -0.122. The Balaban J connectivity index is 1.44. The summed E-state index contributed by atoms with van der Waals surface area (Å²) in [7, 11) is 0. The van der Waals surface area contributed by atoms with Crippen molar-refractivity contribution in [1.29, 1.82) is 0 Å². The second-order valence-corrected chi connectivity index (χ2v) is 5.89. The summed E-state index contributed by atoms with van der Waals surface area (Å²) >= 11 is 0. The molecular formula is C17H19F2N3O3. The number of halogens is 2. The zero-order valence-corrected chi connectivity index (χ0v) is 13.5. The number of nitrogens with one attached hydrogen (secondary N) is 2. The zero-order chi connectivity index (χ0) is 17.6. The minimum absolute atomic E-state index is 0.173. The van der Waals surface area contributed by atoms with Gasteiger partial charge in [-0.2, -0.15) is 5.10 Å². The topological polar surface area (TPSA) is 76.2 Å². The number of amides is 1.